The minimum absolute atomic E-state index is 0.101. The van der Waals surface area contributed by atoms with Crippen LogP contribution in [0.5, 0.6) is 0 Å². The monoisotopic (exact) mass is 306 g/mol. The zero-order chi connectivity index (χ0) is 16.0. The van der Waals surface area contributed by atoms with Crippen molar-refractivity contribution in [1.29, 1.82) is 0 Å². The van der Waals surface area contributed by atoms with Gasteiger partial charge < -0.3 is 26.4 Å². The molecule has 1 aliphatic heterocycles. The van der Waals surface area contributed by atoms with Gasteiger partial charge in [0.1, 0.15) is 0 Å². The van der Waals surface area contributed by atoms with Gasteiger partial charge in [-0.1, -0.05) is 6.07 Å². The van der Waals surface area contributed by atoms with Crippen LogP contribution in [0.1, 0.15) is 12.8 Å². The Kier molecular flexibility index (Phi) is 5.35. The van der Waals surface area contributed by atoms with Crippen LogP contribution < -0.4 is 21.7 Å². The predicted molar refractivity (Wildman–Crippen MR) is 84.7 cm³/mol. The van der Waals surface area contributed by atoms with Gasteiger partial charge in [-0.25, -0.2) is 4.79 Å². The highest BCUT2D eigenvalue weighted by atomic mass is 16.5. The fourth-order valence-electron chi connectivity index (χ4n) is 2.42. The van der Waals surface area contributed by atoms with Crippen LogP contribution in [-0.4, -0.2) is 38.7 Å². The van der Waals surface area contributed by atoms with Crippen molar-refractivity contribution in [3.63, 3.8) is 0 Å². The Bertz CT molecular complexity index is 541. The van der Waals surface area contributed by atoms with Gasteiger partial charge in [-0.05, 0) is 31.0 Å². The summed E-state index contributed by atoms with van der Waals surface area (Å²) in [7, 11) is 1.54. The van der Waals surface area contributed by atoms with E-state index in [1.807, 2.05) is 0 Å². The fourth-order valence-corrected chi connectivity index (χ4v) is 2.42. The standard InChI is InChI=1S/C15H22N4O3/c1-17-14(21)19-12-4-2-3-11(9-12)18-13(20)15(10-16)5-7-22-8-6-15/h2-4,9H,5-8,10,16H2,1H3,(H,18,20)(H2,17,19,21). The number of hydrogen-bond donors (Lipinski definition) is 4. The van der Waals surface area contributed by atoms with Gasteiger partial charge in [0, 0.05) is 38.2 Å². The van der Waals surface area contributed by atoms with E-state index in [9.17, 15) is 9.59 Å². The van der Waals surface area contributed by atoms with Crippen LogP contribution in [-0.2, 0) is 9.53 Å². The van der Waals surface area contributed by atoms with Crippen molar-refractivity contribution >= 4 is 23.3 Å². The first-order chi connectivity index (χ1) is 10.6. The number of carbonyl (C=O) groups excluding carboxylic acids is 2. The van der Waals surface area contributed by atoms with E-state index >= 15 is 0 Å². The van der Waals surface area contributed by atoms with Gasteiger partial charge in [-0.15, -0.1) is 0 Å². The molecule has 7 heteroatoms. The van der Waals surface area contributed by atoms with Gasteiger partial charge in [-0.3, -0.25) is 4.79 Å². The Labute approximate surface area is 129 Å². The Balaban J connectivity index is 2.07. The van der Waals surface area contributed by atoms with Crippen LogP contribution in [0.4, 0.5) is 16.2 Å². The van der Waals surface area contributed by atoms with Crippen molar-refractivity contribution in [2.24, 2.45) is 11.1 Å². The van der Waals surface area contributed by atoms with Crippen LogP contribution in [0.15, 0.2) is 24.3 Å². The van der Waals surface area contributed by atoms with Crippen LogP contribution in [0.3, 0.4) is 0 Å². The molecule has 7 nitrogen and oxygen atoms in total. The van der Waals surface area contributed by atoms with Gasteiger partial charge in [-0.2, -0.15) is 0 Å². The molecule has 1 aromatic rings. The fraction of sp³-hybridized carbons (Fsp3) is 0.467. The molecule has 1 fully saturated rings. The quantitative estimate of drug-likeness (QED) is 0.669. The van der Waals surface area contributed by atoms with E-state index in [0.29, 0.717) is 44.0 Å². The molecule has 1 heterocycles. The van der Waals surface area contributed by atoms with Crippen LogP contribution in [0, 0.1) is 5.41 Å². The lowest BCUT2D eigenvalue weighted by molar-refractivity contribution is -0.130. The van der Waals surface area contributed by atoms with Crippen LogP contribution >= 0.6 is 0 Å². The van der Waals surface area contributed by atoms with Crippen LogP contribution in [0.25, 0.3) is 0 Å². The number of carbonyl (C=O) groups is 2. The molecule has 3 amide bonds. The van der Waals surface area contributed by atoms with E-state index in [4.69, 9.17) is 10.5 Å². The molecule has 22 heavy (non-hydrogen) atoms. The maximum atomic E-state index is 12.6. The van der Waals surface area contributed by atoms with E-state index in [1.165, 1.54) is 7.05 Å². The summed E-state index contributed by atoms with van der Waals surface area (Å²) in [4.78, 5) is 23.9. The molecule has 0 atom stereocenters. The zero-order valence-electron chi connectivity index (χ0n) is 12.6. The van der Waals surface area contributed by atoms with Gasteiger partial charge in [0.05, 0.1) is 5.41 Å². The minimum atomic E-state index is -0.581. The third-order valence-electron chi connectivity index (χ3n) is 3.93. The van der Waals surface area contributed by atoms with E-state index < -0.39 is 5.41 Å². The molecular weight excluding hydrogens is 284 g/mol. The number of nitrogens with one attached hydrogen (secondary N) is 3. The van der Waals surface area contributed by atoms with Gasteiger partial charge in [0.2, 0.25) is 5.91 Å². The topological polar surface area (TPSA) is 105 Å². The van der Waals surface area contributed by atoms with Crippen molar-refractivity contribution < 1.29 is 14.3 Å². The summed E-state index contributed by atoms with van der Waals surface area (Å²) in [6, 6.07) is 6.68. The number of ether oxygens (including phenoxy) is 1. The number of benzene rings is 1. The second kappa shape index (κ2) is 7.24. The summed E-state index contributed by atoms with van der Waals surface area (Å²) in [5.41, 5.74) is 6.47. The average Bonchev–Trinajstić information content (AvgIpc) is 2.55. The summed E-state index contributed by atoms with van der Waals surface area (Å²) in [5, 5.41) is 8.02. The van der Waals surface area contributed by atoms with Gasteiger partial charge in [0.15, 0.2) is 0 Å². The number of urea groups is 1. The summed E-state index contributed by atoms with van der Waals surface area (Å²) < 4.78 is 5.31. The first-order valence-electron chi connectivity index (χ1n) is 7.28. The van der Waals surface area contributed by atoms with E-state index in [2.05, 4.69) is 16.0 Å². The first kappa shape index (κ1) is 16.3. The second-order valence-corrected chi connectivity index (χ2v) is 5.34. The third-order valence-corrected chi connectivity index (χ3v) is 3.93. The molecule has 0 spiro atoms. The molecule has 0 bridgehead atoms. The molecular formula is C15H22N4O3. The van der Waals surface area contributed by atoms with Crippen molar-refractivity contribution in [2.75, 3.05) is 37.4 Å². The normalized spacial score (nSPS) is 16.6. The largest absolute Gasteiger partial charge is 0.381 e. The molecule has 0 aliphatic carbocycles. The van der Waals surface area contributed by atoms with Gasteiger partial charge >= 0.3 is 6.03 Å². The molecule has 1 aliphatic rings. The Morgan fingerprint density at radius 1 is 1.23 bits per heavy atom. The minimum Gasteiger partial charge on any atom is -0.381 e. The smallest absolute Gasteiger partial charge is 0.318 e. The average molecular weight is 306 g/mol. The predicted octanol–water partition coefficient (Wildman–Crippen LogP) is 1.13. The zero-order valence-corrected chi connectivity index (χ0v) is 12.6. The first-order valence-corrected chi connectivity index (χ1v) is 7.28. The maximum absolute atomic E-state index is 12.6. The van der Waals surface area contributed by atoms with Crippen molar-refractivity contribution in [1.82, 2.24) is 5.32 Å². The van der Waals surface area contributed by atoms with Crippen molar-refractivity contribution in [3.8, 4) is 0 Å². The third kappa shape index (κ3) is 3.75. The molecule has 0 aromatic heterocycles. The summed E-state index contributed by atoms with van der Waals surface area (Å²) in [6.45, 7) is 1.38. The number of anilines is 2. The van der Waals surface area contributed by atoms with Crippen molar-refractivity contribution in [3.05, 3.63) is 24.3 Å². The van der Waals surface area contributed by atoms with Crippen LogP contribution in [0.2, 0.25) is 0 Å². The molecule has 120 valence electrons. The van der Waals surface area contributed by atoms with Crippen molar-refractivity contribution in [2.45, 2.75) is 12.8 Å². The molecule has 2 rings (SSSR count). The Morgan fingerprint density at radius 3 is 2.45 bits per heavy atom. The highest BCUT2D eigenvalue weighted by molar-refractivity contribution is 5.96. The maximum Gasteiger partial charge on any atom is 0.318 e. The SMILES string of the molecule is CNC(=O)Nc1cccc(NC(=O)C2(CN)CCOCC2)c1. The Morgan fingerprint density at radius 2 is 1.86 bits per heavy atom. The molecule has 5 N–H and O–H groups in total. The van der Waals surface area contributed by atoms with E-state index in [-0.39, 0.29) is 11.9 Å². The summed E-state index contributed by atoms with van der Waals surface area (Å²) >= 11 is 0. The van der Waals surface area contributed by atoms with Gasteiger partial charge in [0.25, 0.3) is 0 Å². The molecule has 0 radical (unpaired) electrons. The molecule has 1 aromatic carbocycles. The lowest BCUT2D eigenvalue weighted by atomic mass is 9.79. The number of rotatable bonds is 4. The second-order valence-electron chi connectivity index (χ2n) is 5.34. The Hall–Kier alpha value is -2.12. The molecule has 0 unspecified atom stereocenters. The molecule has 1 saturated heterocycles. The molecule has 0 saturated carbocycles. The lowest BCUT2D eigenvalue weighted by Crippen LogP contribution is -2.46. The summed E-state index contributed by atoms with van der Waals surface area (Å²) in [5.74, 6) is -0.101. The van der Waals surface area contributed by atoms with E-state index in [0.717, 1.165) is 0 Å². The lowest BCUT2D eigenvalue weighted by Gasteiger charge is -2.34. The number of hydrogen-bond acceptors (Lipinski definition) is 4. The number of amides is 3. The highest BCUT2D eigenvalue weighted by Crippen LogP contribution is 2.31. The highest BCUT2D eigenvalue weighted by Gasteiger charge is 2.38. The number of nitrogens with two attached hydrogens (primary N) is 1. The summed E-state index contributed by atoms with van der Waals surface area (Å²) in [6.07, 6.45) is 1.23. The van der Waals surface area contributed by atoms with E-state index in [1.54, 1.807) is 24.3 Å².